The monoisotopic (exact) mass is 424 g/mol. The quantitative estimate of drug-likeness (QED) is 0.653. The van der Waals surface area contributed by atoms with E-state index in [4.69, 9.17) is 9.47 Å². The fourth-order valence-electron chi connectivity index (χ4n) is 4.13. The lowest BCUT2D eigenvalue weighted by molar-refractivity contribution is 0.0179. The molecule has 0 unspecified atom stereocenters. The Balaban J connectivity index is 1.55. The van der Waals surface area contributed by atoms with Crippen molar-refractivity contribution in [2.24, 2.45) is 0 Å². The van der Waals surface area contributed by atoms with E-state index in [1.165, 1.54) is 11.1 Å². The summed E-state index contributed by atoms with van der Waals surface area (Å²) in [5.74, 6) is 0.908. The molecule has 1 amide bonds. The predicted octanol–water partition coefficient (Wildman–Crippen LogP) is 5.63. The van der Waals surface area contributed by atoms with Crippen LogP contribution >= 0.6 is 0 Å². The van der Waals surface area contributed by atoms with Crippen LogP contribution in [0, 0.1) is 0 Å². The largest absolute Gasteiger partial charge is 0.496 e. The predicted molar refractivity (Wildman–Crippen MR) is 125 cm³/mol. The van der Waals surface area contributed by atoms with Crippen LogP contribution in [-0.4, -0.2) is 42.8 Å². The van der Waals surface area contributed by atoms with Gasteiger partial charge in [-0.1, -0.05) is 36.4 Å². The molecule has 0 radical (unpaired) electrons. The van der Waals surface area contributed by atoms with Crippen molar-refractivity contribution in [1.29, 1.82) is 0 Å². The van der Waals surface area contributed by atoms with Gasteiger partial charge in [0.1, 0.15) is 11.4 Å². The number of hydrogen-bond donors (Lipinski definition) is 1. The van der Waals surface area contributed by atoms with Gasteiger partial charge in [-0.05, 0) is 69.7 Å². The molecule has 5 nitrogen and oxygen atoms in total. The second-order valence-corrected chi connectivity index (χ2v) is 9.37. The molecule has 1 fully saturated rings. The maximum absolute atomic E-state index is 12.3. The molecule has 31 heavy (non-hydrogen) atoms. The van der Waals surface area contributed by atoms with E-state index >= 15 is 0 Å². The Kier molecular flexibility index (Phi) is 7.60. The molecule has 3 rings (SSSR count). The maximum Gasteiger partial charge on any atom is 0.410 e. The maximum atomic E-state index is 12.3. The molecule has 0 aliphatic heterocycles. The number of hydrogen-bond acceptors (Lipinski definition) is 4. The average Bonchev–Trinajstić information content (AvgIpc) is 2.76. The van der Waals surface area contributed by atoms with E-state index in [0.717, 1.165) is 43.5 Å². The summed E-state index contributed by atoms with van der Waals surface area (Å²) in [5, 5.41) is 3.70. The summed E-state index contributed by atoms with van der Waals surface area (Å²) >= 11 is 0. The highest BCUT2D eigenvalue weighted by atomic mass is 16.6. The Labute approximate surface area is 186 Å². The molecular weight excluding hydrogens is 388 g/mol. The molecule has 1 saturated carbocycles. The van der Waals surface area contributed by atoms with Crippen molar-refractivity contribution in [2.45, 2.75) is 70.7 Å². The summed E-state index contributed by atoms with van der Waals surface area (Å²) in [4.78, 5) is 14.1. The molecule has 0 atom stereocenters. The summed E-state index contributed by atoms with van der Waals surface area (Å²) in [7, 11) is 3.57. The van der Waals surface area contributed by atoms with Gasteiger partial charge in [-0.2, -0.15) is 0 Å². The fraction of sp³-hybridized carbons (Fsp3) is 0.500. The molecule has 1 aliphatic carbocycles. The molecule has 5 heteroatoms. The number of nitrogens with one attached hydrogen (secondary N) is 1. The van der Waals surface area contributed by atoms with Crippen molar-refractivity contribution >= 4 is 6.09 Å². The van der Waals surface area contributed by atoms with Crippen LogP contribution in [0.5, 0.6) is 5.75 Å². The van der Waals surface area contributed by atoms with Gasteiger partial charge in [0, 0.05) is 31.2 Å². The van der Waals surface area contributed by atoms with Gasteiger partial charge in [-0.25, -0.2) is 4.79 Å². The van der Waals surface area contributed by atoms with Crippen molar-refractivity contribution in [1.82, 2.24) is 10.2 Å². The molecule has 0 saturated heterocycles. The molecule has 2 aromatic rings. The third kappa shape index (κ3) is 6.47. The van der Waals surface area contributed by atoms with E-state index in [0.29, 0.717) is 6.04 Å². The minimum absolute atomic E-state index is 0.230. The number of rotatable bonds is 6. The lowest BCUT2D eigenvalue weighted by Gasteiger charge is -2.36. The summed E-state index contributed by atoms with van der Waals surface area (Å²) in [6.45, 7) is 6.48. The zero-order chi connectivity index (χ0) is 22.4. The van der Waals surface area contributed by atoms with Gasteiger partial charge in [0.2, 0.25) is 0 Å². The zero-order valence-corrected chi connectivity index (χ0v) is 19.5. The molecule has 0 aromatic heterocycles. The Bertz CT molecular complexity index is 853. The van der Waals surface area contributed by atoms with E-state index in [-0.39, 0.29) is 12.1 Å². The highest BCUT2D eigenvalue weighted by Crippen LogP contribution is 2.28. The van der Waals surface area contributed by atoms with Crippen LogP contribution in [0.15, 0.2) is 48.5 Å². The van der Waals surface area contributed by atoms with Gasteiger partial charge in [-0.15, -0.1) is 0 Å². The van der Waals surface area contributed by atoms with E-state index in [9.17, 15) is 4.79 Å². The van der Waals surface area contributed by atoms with Crippen LogP contribution in [0.25, 0.3) is 11.1 Å². The van der Waals surface area contributed by atoms with Gasteiger partial charge in [0.05, 0.1) is 7.11 Å². The molecule has 1 N–H and O–H groups in total. The summed E-state index contributed by atoms with van der Waals surface area (Å²) < 4.78 is 11.1. The Morgan fingerprint density at radius 1 is 1.03 bits per heavy atom. The van der Waals surface area contributed by atoms with Crippen LogP contribution in [-0.2, 0) is 11.3 Å². The van der Waals surface area contributed by atoms with Crippen LogP contribution in [0.3, 0.4) is 0 Å². The highest BCUT2D eigenvalue weighted by molar-refractivity contribution is 5.68. The topological polar surface area (TPSA) is 50.8 Å². The summed E-state index contributed by atoms with van der Waals surface area (Å²) in [6.07, 6.45) is 3.81. The number of ether oxygens (including phenoxy) is 2. The van der Waals surface area contributed by atoms with Gasteiger partial charge in [0.15, 0.2) is 0 Å². The second kappa shape index (κ2) is 10.2. The molecule has 0 heterocycles. The van der Waals surface area contributed by atoms with Crippen molar-refractivity contribution < 1.29 is 14.3 Å². The molecule has 168 valence electrons. The number of carbonyl (C=O) groups excluding carboxylic acids is 1. The van der Waals surface area contributed by atoms with Gasteiger partial charge in [0.25, 0.3) is 0 Å². The average molecular weight is 425 g/mol. The number of benzene rings is 2. The zero-order valence-electron chi connectivity index (χ0n) is 19.5. The highest BCUT2D eigenvalue weighted by Gasteiger charge is 2.29. The first-order valence-electron chi connectivity index (χ1n) is 11.2. The van der Waals surface area contributed by atoms with Crippen LogP contribution in [0.2, 0.25) is 0 Å². The number of methoxy groups -OCH3 is 1. The first-order valence-corrected chi connectivity index (χ1v) is 11.2. The molecule has 0 spiro atoms. The second-order valence-electron chi connectivity index (χ2n) is 9.37. The van der Waals surface area contributed by atoms with Gasteiger partial charge in [-0.3, -0.25) is 0 Å². The van der Waals surface area contributed by atoms with Crippen molar-refractivity contribution in [3.8, 4) is 16.9 Å². The van der Waals surface area contributed by atoms with Gasteiger partial charge >= 0.3 is 6.09 Å². The van der Waals surface area contributed by atoms with Crippen LogP contribution in [0.4, 0.5) is 4.79 Å². The van der Waals surface area contributed by atoms with E-state index in [1.54, 1.807) is 12.0 Å². The summed E-state index contributed by atoms with van der Waals surface area (Å²) in [5.41, 5.74) is 3.10. The third-order valence-corrected chi connectivity index (χ3v) is 5.89. The van der Waals surface area contributed by atoms with E-state index in [1.807, 2.05) is 40.0 Å². The van der Waals surface area contributed by atoms with Crippen molar-refractivity contribution in [3.05, 3.63) is 54.1 Å². The minimum Gasteiger partial charge on any atom is -0.496 e. The molecule has 2 aromatic carbocycles. The number of amides is 1. The number of carbonyl (C=O) groups is 1. The smallest absolute Gasteiger partial charge is 0.410 e. The molecule has 1 aliphatic rings. The van der Waals surface area contributed by atoms with Crippen molar-refractivity contribution in [3.63, 3.8) is 0 Å². The van der Waals surface area contributed by atoms with E-state index in [2.05, 4.69) is 41.7 Å². The van der Waals surface area contributed by atoms with Gasteiger partial charge < -0.3 is 19.7 Å². The third-order valence-electron chi connectivity index (χ3n) is 5.89. The lowest BCUT2D eigenvalue weighted by atomic mass is 9.90. The van der Waals surface area contributed by atoms with E-state index < -0.39 is 5.60 Å². The Morgan fingerprint density at radius 3 is 2.32 bits per heavy atom. The molecular formula is C26H36N2O3. The fourth-order valence-corrected chi connectivity index (χ4v) is 4.13. The lowest BCUT2D eigenvalue weighted by Crippen LogP contribution is -2.44. The first kappa shape index (κ1) is 23.1. The Morgan fingerprint density at radius 2 is 1.71 bits per heavy atom. The minimum atomic E-state index is -0.461. The normalized spacial score (nSPS) is 19.0. The summed E-state index contributed by atoms with van der Waals surface area (Å²) in [6, 6.07) is 17.4. The SMILES string of the molecule is COc1ccc(-c2ccccc2)cc1CNC1CCC(N(C)C(=O)OC(C)(C)C)CC1. The standard InChI is InChI=1S/C26H36N2O3/c1-26(2,3)31-25(29)28(4)23-14-12-22(13-15-23)27-18-21-17-20(11-16-24(21)30-5)19-9-7-6-8-10-19/h6-11,16-17,22-23,27H,12-15,18H2,1-5H3. The van der Waals surface area contributed by atoms with Crippen molar-refractivity contribution in [2.75, 3.05) is 14.2 Å². The number of nitrogens with zero attached hydrogens (tertiary/aromatic N) is 1. The van der Waals surface area contributed by atoms with Crippen LogP contribution in [0.1, 0.15) is 52.0 Å². The molecule has 0 bridgehead atoms. The first-order chi connectivity index (χ1) is 14.8. The van der Waals surface area contributed by atoms with Crippen LogP contribution < -0.4 is 10.1 Å². The Hall–Kier alpha value is -2.53.